The number of hydrogen-bond donors (Lipinski definition) is 0. The molecular weight excluding hydrogens is 418 g/mol. The van der Waals surface area contributed by atoms with Gasteiger partial charge in [0, 0.05) is 0 Å². The van der Waals surface area contributed by atoms with Crippen LogP contribution in [0, 0.1) is 0 Å². The monoisotopic (exact) mass is 440 g/mol. The number of halogens is 3. The van der Waals surface area contributed by atoms with E-state index in [4.69, 9.17) is 0 Å². The standard InChI is InChI=1S/C22H23.3ClH.Ti/c1-16-15-17(2)21(18(16)3)22(4,19-11-7-5-8-12-19)20-13-9-6-10-14-20;;;;/h5-15H,1-4H3;3*1H;/q;;;;+3/p-3. The van der Waals surface area contributed by atoms with Gasteiger partial charge in [-0.2, -0.15) is 0 Å². The molecule has 26 heavy (non-hydrogen) atoms. The molecule has 2 aromatic carbocycles. The zero-order valence-corrected chi connectivity index (χ0v) is 19.3. The maximum absolute atomic E-state index is 2.41. The molecule has 0 bridgehead atoms. The summed E-state index contributed by atoms with van der Waals surface area (Å²) in [5.41, 5.74) is 6.97. The molecule has 0 saturated carbocycles. The van der Waals surface area contributed by atoms with E-state index in [1.54, 1.807) is 0 Å². The molecule has 3 rings (SSSR count). The molecule has 136 valence electrons. The number of hydrogen-bond acceptors (Lipinski definition) is 0. The Morgan fingerprint density at radius 2 is 1.12 bits per heavy atom. The molecule has 0 N–H and O–H groups in total. The van der Waals surface area contributed by atoms with E-state index in [9.17, 15) is 0 Å². The third kappa shape index (κ3) is 3.73. The smallest absolute Gasteiger partial charge is 1.00 e. The van der Waals surface area contributed by atoms with Crippen molar-refractivity contribution >= 4 is 0 Å². The summed E-state index contributed by atoms with van der Waals surface area (Å²) in [6.07, 6.45) is 2.36. The second-order valence-electron chi connectivity index (χ2n) is 6.74. The van der Waals surface area contributed by atoms with Gasteiger partial charge in [-0.15, -0.1) is 0 Å². The van der Waals surface area contributed by atoms with Gasteiger partial charge in [-0.05, 0) is 0 Å². The van der Waals surface area contributed by atoms with Gasteiger partial charge in [-0.1, -0.05) is 0 Å². The fourth-order valence-corrected chi connectivity index (χ4v) is 4.92. The minimum atomic E-state index is -0.0993. The summed E-state index contributed by atoms with van der Waals surface area (Å²) in [5, 5.41) is 0. The topological polar surface area (TPSA) is 0 Å². The van der Waals surface area contributed by atoms with Gasteiger partial charge >= 0.3 is 152 Å². The molecule has 0 radical (unpaired) electrons. The van der Waals surface area contributed by atoms with Gasteiger partial charge in [0.25, 0.3) is 0 Å². The van der Waals surface area contributed by atoms with Crippen LogP contribution in [0.25, 0.3) is 0 Å². The Labute approximate surface area is 188 Å². The molecule has 1 atom stereocenters. The first-order valence-electron chi connectivity index (χ1n) is 8.15. The first-order chi connectivity index (χ1) is 10.9. The van der Waals surface area contributed by atoms with Gasteiger partial charge in [0.2, 0.25) is 0 Å². The van der Waals surface area contributed by atoms with Crippen molar-refractivity contribution < 1.29 is 57.7 Å². The fourth-order valence-electron chi connectivity index (χ4n) is 4.04. The quantitative estimate of drug-likeness (QED) is 0.446. The number of benzene rings is 2. The van der Waals surface area contributed by atoms with Gasteiger partial charge in [-0.25, -0.2) is 0 Å². The van der Waals surface area contributed by atoms with Crippen LogP contribution in [-0.4, -0.2) is 0 Å². The van der Waals surface area contributed by atoms with Crippen LogP contribution in [0.5, 0.6) is 0 Å². The maximum atomic E-state index is 2.41. The van der Waals surface area contributed by atoms with Crippen molar-refractivity contribution in [3.8, 4) is 0 Å². The molecule has 0 amide bonds. The molecule has 0 fully saturated rings. The van der Waals surface area contributed by atoms with Crippen LogP contribution in [0.3, 0.4) is 0 Å². The molecule has 0 aliphatic heterocycles. The van der Waals surface area contributed by atoms with Gasteiger partial charge in [0.15, 0.2) is 0 Å². The summed E-state index contributed by atoms with van der Waals surface area (Å²) in [4.78, 5) is 0. The van der Waals surface area contributed by atoms with E-state index in [0.29, 0.717) is 0 Å². The molecule has 2 aromatic rings. The van der Waals surface area contributed by atoms with Crippen LogP contribution in [0.1, 0.15) is 38.8 Å². The summed E-state index contributed by atoms with van der Waals surface area (Å²) in [6, 6.07) is 21.9. The summed E-state index contributed by atoms with van der Waals surface area (Å²) in [6.45, 7) is 9.22. The third-order valence-electron chi connectivity index (χ3n) is 5.63. The maximum Gasteiger partial charge on any atom is -1.00 e. The Kier molecular flexibility index (Phi) is 9.44. The molecular formula is C22H23Cl3Ti. The van der Waals surface area contributed by atoms with E-state index in [0.717, 1.165) is 0 Å². The molecule has 0 saturated heterocycles. The van der Waals surface area contributed by atoms with E-state index in [1.807, 2.05) is 0 Å². The van der Waals surface area contributed by atoms with E-state index in [1.165, 1.54) is 27.8 Å². The summed E-state index contributed by atoms with van der Waals surface area (Å²) < 4.78 is -0.0141. The van der Waals surface area contributed by atoms with Gasteiger partial charge in [0.1, 0.15) is 0 Å². The van der Waals surface area contributed by atoms with Crippen molar-refractivity contribution in [1.82, 2.24) is 0 Å². The van der Waals surface area contributed by atoms with Crippen molar-refractivity contribution in [3.63, 3.8) is 0 Å². The molecule has 0 spiro atoms. The van der Waals surface area contributed by atoms with Gasteiger partial charge in [-0.3, -0.25) is 0 Å². The average molecular weight is 442 g/mol. The van der Waals surface area contributed by atoms with Crippen molar-refractivity contribution in [2.75, 3.05) is 0 Å². The zero-order valence-electron chi connectivity index (χ0n) is 15.5. The van der Waals surface area contributed by atoms with Crippen LogP contribution < -0.4 is 37.2 Å². The second kappa shape index (κ2) is 9.62. The zero-order chi connectivity index (χ0) is 16.7. The molecule has 0 nitrogen and oxygen atoms in total. The minimum Gasteiger partial charge on any atom is -1.00 e. The predicted molar refractivity (Wildman–Crippen MR) is 94.2 cm³/mol. The van der Waals surface area contributed by atoms with Crippen molar-refractivity contribution in [1.29, 1.82) is 0 Å². The average Bonchev–Trinajstić information content (AvgIpc) is 2.79. The Balaban J connectivity index is 0.00000208. The third-order valence-corrected chi connectivity index (χ3v) is 7.61. The first-order valence-corrected chi connectivity index (χ1v) is 8.93. The first kappa shape index (κ1) is 25.5. The van der Waals surface area contributed by atoms with Crippen LogP contribution >= 0.6 is 0 Å². The van der Waals surface area contributed by atoms with Crippen molar-refractivity contribution in [2.24, 2.45) is 0 Å². The second-order valence-corrected chi connectivity index (χ2v) is 7.91. The molecule has 4 heteroatoms. The van der Waals surface area contributed by atoms with Gasteiger partial charge in [0.05, 0.1) is 0 Å². The Morgan fingerprint density at radius 3 is 1.42 bits per heavy atom. The molecule has 1 aliphatic carbocycles. The predicted octanol–water partition coefficient (Wildman–Crippen LogP) is -2.99. The van der Waals surface area contributed by atoms with Crippen molar-refractivity contribution in [3.05, 3.63) is 94.6 Å². The molecule has 1 aliphatic rings. The van der Waals surface area contributed by atoms with Crippen LogP contribution in [0.4, 0.5) is 0 Å². The fraction of sp³-hybridized carbons (Fsp3) is 0.273. The SMILES string of the molecule is CC1=CC(C)=C(C)[C]1([Ti+3])C(C)(c1ccccc1)c1ccccc1.[Cl-].[Cl-].[Cl-]. The van der Waals surface area contributed by atoms with Crippen molar-refractivity contribution in [2.45, 2.75) is 36.8 Å². The Morgan fingerprint density at radius 1 is 0.731 bits per heavy atom. The minimum absolute atomic E-state index is 0. The summed E-state index contributed by atoms with van der Waals surface area (Å²) >= 11 is 2.41. The van der Waals surface area contributed by atoms with Crippen LogP contribution in [0.2, 0.25) is 3.72 Å². The van der Waals surface area contributed by atoms with E-state index in [-0.39, 0.29) is 46.4 Å². The summed E-state index contributed by atoms with van der Waals surface area (Å²) in [7, 11) is 0. The molecule has 1 unspecified atom stereocenters. The normalized spacial score (nSPS) is 19.1. The Hall–Kier alpha value is -0.496. The molecule has 0 aromatic heterocycles. The molecule has 0 heterocycles. The largest absolute Gasteiger partial charge is 1.00 e. The number of rotatable bonds is 3. The van der Waals surface area contributed by atoms with Gasteiger partial charge < -0.3 is 37.2 Å². The number of allylic oxidation sites excluding steroid dienone is 4. The Bertz CT molecular complexity index is 742. The van der Waals surface area contributed by atoms with Crippen LogP contribution in [-0.2, 0) is 25.9 Å². The van der Waals surface area contributed by atoms with Crippen LogP contribution in [0.15, 0.2) is 83.5 Å². The van der Waals surface area contributed by atoms with E-state index < -0.39 is 0 Å². The van der Waals surface area contributed by atoms with E-state index >= 15 is 0 Å². The summed E-state index contributed by atoms with van der Waals surface area (Å²) in [5.74, 6) is 0. The van der Waals surface area contributed by atoms with E-state index in [2.05, 4.69) is 115 Å².